The van der Waals surface area contributed by atoms with Gasteiger partial charge in [-0.25, -0.2) is 23.2 Å². The van der Waals surface area contributed by atoms with Crippen molar-refractivity contribution in [2.75, 3.05) is 54.1 Å². The van der Waals surface area contributed by atoms with Gasteiger partial charge in [-0.3, -0.25) is 9.80 Å². The van der Waals surface area contributed by atoms with Gasteiger partial charge in [0.1, 0.15) is 42.2 Å². The second kappa shape index (κ2) is 19.3. The van der Waals surface area contributed by atoms with Crippen molar-refractivity contribution in [1.29, 1.82) is 0 Å². The van der Waals surface area contributed by atoms with E-state index in [-0.39, 0.29) is 43.4 Å². The first-order valence-electron chi connectivity index (χ1n) is 21.8. The number of halogens is 2. The molecule has 2 amide bonds. The molecule has 1 aromatic heterocycles. The second-order valence-electron chi connectivity index (χ2n) is 16.7. The van der Waals surface area contributed by atoms with E-state index in [0.29, 0.717) is 12.2 Å². The van der Waals surface area contributed by atoms with Crippen molar-refractivity contribution in [3.8, 4) is 5.75 Å². The van der Waals surface area contributed by atoms with E-state index in [1.807, 2.05) is 55.1 Å². The summed E-state index contributed by atoms with van der Waals surface area (Å²) >= 11 is 0. The van der Waals surface area contributed by atoms with Gasteiger partial charge in [-0.2, -0.15) is 5.10 Å². The zero-order valence-electron chi connectivity index (χ0n) is 35.5. The highest BCUT2D eigenvalue weighted by atomic mass is 19.1. The van der Waals surface area contributed by atoms with Crippen LogP contribution in [0.4, 0.5) is 30.6 Å². The van der Waals surface area contributed by atoms with Gasteiger partial charge in [0.15, 0.2) is 12.0 Å². The average molecular weight is 830 g/mol. The smallest absolute Gasteiger partial charge is 0.327 e. The lowest BCUT2D eigenvalue weighted by Crippen LogP contribution is -2.54. The minimum Gasteiger partial charge on any atom is -0.488 e. The van der Waals surface area contributed by atoms with E-state index in [1.165, 1.54) is 29.5 Å². The number of hydrogen-bond acceptors (Lipinski definition) is 9. The van der Waals surface area contributed by atoms with Crippen molar-refractivity contribution < 1.29 is 32.9 Å². The highest BCUT2D eigenvalue weighted by molar-refractivity contribution is 5.96. The number of anilines is 3. The van der Waals surface area contributed by atoms with Crippen LogP contribution < -0.4 is 19.4 Å². The second-order valence-corrected chi connectivity index (χ2v) is 16.7. The van der Waals surface area contributed by atoms with Gasteiger partial charge in [-0.05, 0) is 87.7 Å². The molecule has 324 valence electrons. The fourth-order valence-corrected chi connectivity index (χ4v) is 9.13. The van der Waals surface area contributed by atoms with E-state index < -0.39 is 29.3 Å². The number of aliphatic hydroxyl groups is 1. The highest BCUT2D eigenvalue weighted by Crippen LogP contribution is 2.43. The van der Waals surface area contributed by atoms with E-state index in [1.54, 1.807) is 4.90 Å². The zero-order chi connectivity index (χ0) is 42.3. The first kappa shape index (κ1) is 43.3. The molecule has 1 N–H and O–H groups in total. The third-order valence-electron chi connectivity index (χ3n) is 12.2. The molecule has 7 rings (SSSR count). The Morgan fingerprint density at radius 2 is 1.52 bits per heavy atom. The molecule has 3 saturated heterocycles. The molecule has 14 heteroatoms. The van der Waals surface area contributed by atoms with Gasteiger partial charge in [0.2, 0.25) is 0 Å². The molecule has 0 saturated carbocycles. The van der Waals surface area contributed by atoms with Crippen molar-refractivity contribution in [2.24, 2.45) is 0 Å². The summed E-state index contributed by atoms with van der Waals surface area (Å²) < 4.78 is 48.6. The minimum atomic E-state index is -1.24. The van der Waals surface area contributed by atoms with E-state index in [9.17, 15) is 14.3 Å². The molecule has 3 fully saturated rings. The van der Waals surface area contributed by atoms with Crippen molar-refractivity contribution in [3.63, 3.8) is 0 Å². The van der Waals surface area contributed by atoms with Gasteiger partial charge in [0.05, 0.1) is 19.2 Å². The normalized spacial score (nSPS) is 23.4. The molecule has 4 aromatic rings. The minimum absolute atomic E-state index is 0.0247. The van der Waals surface area contributed by atoms with Crippen LogP contribution >= 0.6 is 0 Å². The molecule has 3 aliphatic rings. The molecule has 0 radical (unpaired) electrons. The van der Waals surface area contributed by atoms with Gasteiger partial charge in [0, 0.05) is 60.9 Å². The summed E-state index contributed by atoms with van der Waals surface area (Å²) in [5, 5.41) is 16.5. The van der Waals surface area contributed by atoms with Crippen molar-refractivity contribution in [2.45, 2.75) is 122 Å². The van der Waals surface area contributed by atoms with Crippen molar-refractivity contribution >= 4 is 23.1 Å². The number of ether oxygens (including phenoxy) is 3. The van der Waals surface area contributed by atoms with Crippen LogP contribution in [0.25, 0.3) is 0 Å². The molecule has 0 bridgehead atoms. The van der Waals surface area contributed by atoms with E-state index >= 15 is 4.39 Å². The molecule has 0 spiro atoms. The van der Waals surface area contributed by atoms with Gasteiger partial charge in [0.25, 0.3) is 0 Å². The molecular weight excluding hydrogens is 769 g/mol. The van der Waals surface area contributed by atoms with Crippen LogP contribution in [-0.4, -0.2) is 94.3 Å². The average Bonchev–Trinajstić information content (AvgIpc) is 3.96. The fourth-order valence-electron chi connectivity index (χ4n) is 9.13. The Balaban J connectivity index is 0.943. The Kier molecular flexibility index (Phi) is 13.9. The predicted octanol–water partition coefficient (Wildman–Crippen LogP) is 8.49. The lowest BCUT2D eigenvalue weighted by molar-refractivity contribution is -0.117. The predicted molar refractivity (Wildman–Crippen MR) is 228 cm³/mol. The molecule has 2 unspecified atom stereocenters. The Bertz CT molecular complexity index is 1980. The van der Waals surface area contributed by atoms with Crippen LogP contribution in [0.1, 0.15) is 91.0 Å². The summed E-state index contributed by atoms with van der Waals surface area (Å²) in [6.45, 7) is 11.9. The standard InChI is InChI=1S/C46H61F2N7O5/c1-5-7-9-10-12-42-46(57,23-11-8-6-2)55(34(3)4)44(56)54(42)38-16-14-36(15-17-38)51-24-26-52(27-25-51)37-18-20-39(21-19-37)58-29-43-59-31-45(60-43,30-53-33-49-32-50-53)40-22-13-35(47)28-41(40)48/h13-22,28,32-34,42-43,57H,5-12,23-27,29-31H2,1-4H3/t42?,43-,45+,46?/m0/s1. The Hall–Kier alpha value is -4.79. The molecule has 60 heavy (non-hydrogen) atoms. The number of amides is 2. The number of urea groups is 1. The molecule has 3 aliphatic heterocycles. The number of carbonyl (C=O) groups is 1. The topological polar surface area (TPSA) is 109 Å². The van der Waals surface area contributed by atoms with E-state index in [0.717, 1.165) is 101 Å². The SMILES string of the molecule is CCCCCCC1N(c2ccc(N3CCN(c4ccc(OC[C@H]5OC[C@](Cn6cncn6)(c6ccc(F)cc6F)O5)cc4)CC3)cc2)C(=O)N(C(C)C)C1(O)CCCCC. The zero-order valence-corrected chi connectivity index (χ0v) is 35.5. The Labute approximate surface area is 353 Å². The number of carbonyl (C=O) groups excluding carboxylic acids is 1. The molecule has 4 atom stereocenters. The molecule has 0 aliphatic carbocycles. The van der Waals surface area contributed by atoms with Crippen LogP contribution in [-0.2, 0) is 21.6 Å². The largest absolute Gasteiger partial charge is 0.488 e. The molecule has 3 aromatic carbocycles. The quantitative estimate of drug-likeness (QED) is 0.0932. The fraction of sp³-hybridized carbons (Fsp3) is 0.543. The van der Waals surface area contributed by atoms with Crippen LogP contribution in [0.5, 0.6) is 5.75 Å². The summed E-state index contributed by atoms with van der Waals surface area (Å²) in [5.74, 6) is -0.758. The number of aromatic nitrogens is 3. The van der Waals surface area contributed by atoms with Crippen LogP contribution in [0.3, 0.4) is 0 Å². The summed E-state index contributed by atoms with van der Waals surface area (Å²) in [6.07, 6.45) is 10.8. The van der Waals surface area contributed by atoms with Crippen LogP contribution in [0.2, 0.25) is 0 Å². The van der Waals surface area contributed by atoms with Gasteiger partial charge in [-0.1, -0.05) is 58.4 Å². The number of hydrogen-bond donors (Lipinski definition) is 1. The number of rotatable bonds is 19. The molecule has 4 heterocycles. The van der Waals surface area contributed by atoms with Crippen molar-refractivity contribution in [1.82, 2.24) is 19.7 Å². The number of nitrogens with zero attached hydrogens (tertiary/aromatic N) is 7. The van der Waals surface area contributed by atoms with Crippen LogP contribution in [0, 0.1) is 11.6 Å². The lowest BCUT2D eigenvalue weighted by Gasteiger charge is -2.39. The summed E-state index contributed by atoms with van der Waals surface area (Å²) in [5.41, 5.74) is 0.757. The van der Waals surface area contributed by atoms with Gasteiger partial charge < -0.3 is 29.1 Å². The van der Waals surface area contributed by atoms with Crippen LogP contribution in [0.15, 0.2) is 79.4 Å². The monoisotopic (exact) mass is 829 g/mol. The Morgan fingerprint density at radius 1 is 0.867 bits per heavy atom. The molecule has 12 nitrogen and oxygen atoms in total. The third kappa shape index (κ3) is 9.40. The van der Waals surface area contributed by atoms with Gasteiger partial charge in [-0.15, -0.1) is 0 Å². The summed E-state index contributed by atoms with van der Waals surface area (Å²) in [4.78, 5) is 26.5. The maximum atomic E-state index is 15.0. The van der Waals surface area contributed by atoms with E-state index in [4.69, 9.17) is 14.2 Å². The summed E-state index contributed by atoms with van der Waals surface area (Å²) in [6, 6.07) is 19.1. The number of piperazine rings is 1. The highest BCUT2D eigenvalue weighted by Gasteiger charge is 2.56. The van der Waals surface area contributed by atoms with Crippen molar-refractivity contribution in [3.05, 3.63) is 96.6 Å². The molecular formula is C46H61F2N7O5. The lowest BCUT2D eigenvalue weighted by atomic mass is 9.91. The van der Waals surface area contributed by atoms with E-state index in [2.05, 4.69) is 45.9 Å². The first-order chi connectivity index (χ1) is 29.0. The Morgan fingerprint density at radius 3 is 2.13 bits per heavy atom. The first-order valence-corrected chi connectivity index (χ1v) is 21.8. The maximum absolute atomic E-state index is 15.0. The number of benzene rings is 3. The summed E-state index contributed by atoms with van der Waals surface area (Å²) in [7, 11) is 0. The maximum Gasteiger partial charge on any atom is 0.327 e. The van der Waals surface area contributed by atoms with Gasteiger partial charge >= 0.3 is 6.03 Å². The third-order valence-corrected chi connectivity index (χ3v) is 12.2. The number of unbranched alkanes of at least 4 members (excludes halogenated alkanes) is 5.